The lowest BCUT2D eigenvalue weighted by Gasteiger charge is -1.98. The number of pyridine rings is 1. The molecule has 0 saturated carbocycles. The van der Waals surface area contributed by atoms with Crippen molar-refractivity contribution in [3.8, 4) is 5.82 Å². The van der Waals surface area contributed by atoms with Gasteiger partial charge in [0.05, 0.1) is 5.69 Å². The highest BCUT2D eigenvalue weighted by Gasteiger charge is 1.99. The summed E-state index contributed by atoms with van der Waals surface area (Å²) < 4.78 is 1.77. The molecule has 0 bridgehead atoms. The van der Waals surface area contributed by atoms with Crippen molar-refractivity contribution in [3.63, 3.8) is 0 Å². The minimum atomic E-state index is 0.778. The van der Waals surface area contributed by atoms with Crippen LogP contribution in [0.25, 0.3) is 5.82 Å². The quantitative estimate of drug-likeness (QED) is 0.781. The maximum atomic E-state index is 4.36. The summed E-state index contributed by atoms with van der Waals surface area (Å²) in [5, 5.41) is 7.41. The summed E-state index contributed by atoms with van der Waals surface area (Å²) in [6.45, 7) is 0.778. The van der Waals surface area contributed by atoms with Gasteiger partial charge in [0.2, 0.25) is 0 Å². The maximum Gasteiger partial charge on any atom is 0.153 e. The molecule has 2 heterocycles. The van der Waals surface area contributed by atoms with E-state index in [2.05, 4.69) is 15.4 Å². The van der Waals surface area contributed by atoms with Crippen LogP contribution in [0.2, 0.25) is 0 Å². The highest BCUT2D eigenvalue weighted by atomic mass is 15.3. The Morgan fingerprint density at radius 2 is 2.29 bits per heavy atom. The Morgan fingerprint density at radius 1 is 1.36 bits per heavy atom. The Balaban J connectivity index is 2.25. The molecular formula is C10H12N4. The van der Waals surface area contributed by atoms with Gasteiger partial charge in [-0.05, 0) is 25.2 Å². The molecular weight excluding hydrogens is 176 g/mol. The molecule has 2 rings (SSSR count). The molecule has 0 aromatic carbocycles. The van der Waals surface area contributed by atoms with Crippen LogP contribution in [-0.2, 0) is 6.54 Å². The van der Waals surface area contributed by atoms with E-state index in [0.29, 0.717) is 0 Å². The lowest BCUT2D eigenvalue weighted by molar-refractivity contribution is 0.749. The molecule has 0 aliphatic rings. The lowest BCUT2D eigenvalue weighted by Crippen LogP contribution is -2.06. The highest BCUT2D eigenvalue weighted by Crippen LogP contribution is 2.03. The Morgan fingerprint density at radius 3 is 3.00 bits per heavy atom. The van der Waals surface area contributed by atoms with Crippen LogP contribution in [0, 0.1) is 0 Å². The highest BCUT2D eigenvalue weighted by molar-refractivity contribution is 5.20. The largest absolute Gasteiger partial charge is 0.314 e. The van der Waals surface area contributed by atoms with Gasteiger partial charge in [-0.2, -0.15) is 5.10 Å². The van der Waals surface area contributed by atoms with Crippen molar-refractivity contribution in [2.45, 2.75) is 6.54 Å². The first-order valence-electron chi connectivity index (χ1n) is 4.51. The van der Waals surface area contributed by atoms with Gasteiger partial charge in [0.1, 0.15) is 0 Å². The van der Waals surface area contributed by atoms with Crippen LogP contribution in [0.1, 0.15) is 5.69 Å². The summed E-state index contributed by atoms with van der Waals surface area (Å²) in [5.41, 5.74) is 1.01. The van der Waals surface area contributed by atoms with Gasteiger partial charge >= 0.3 is 0 Å². The zero-order chi connectivity index (χ0) is 9.80. The second-order valence-corrected chi connectivity index (χ2v) is 2.97. The molecule has 4 heteroatoms. The predicted octanol–water partition coefficient (Wildman–Crippen LogP) is 0.987. The van der Waals surface area contributed by atoms with Gasteiger partial charge in [-0.15, -0.1) is 0 Å². The summed E-state index contributed by atoms with van der Waals surface area (Å²) in [4.78, 5) is 4.20. The number of hydrogen-bond donors (Lipinski definition) is 1. The number of rotatable bonds is 3. The molecule has 0 fully saturated rings. The first-order valence-corrected chi connectivity index (χ1v) is 4.51. The standard InChI is InChI=1S/C10H12N4/c1-11-8-9-5-7-14(13-9)10-4-2-3-6-12-10/h2-7,11H,8H2,1H3. The molecule has 1 N–H and O–H groups in total. The third-order valence-electron chi connectivity index (χ3n) is 1.89. The maximum absolute atomic E-state index is 4.36. The van der Waals surface area contributed by atoms with Crippen molar-refractivity contribution in [1.82, 2.24) is 20.1 Å². The molecule has 4 nitrogen and oxygen atoms in total. The average molecular weight is 188 g/mol. The molecule has 0 aliphatic carbocycles. The Bertz CT molecular complexity index is 394. The van der Waals surface area contributed by atoms with Crippen LogP contribution < -0.4 is 5.32 Å². The van der Waals surface area contributed by atoms with Crippen LogP contribution >= 0.6 is 0 Å². The summed E-state index contributed by atoms with van der Waals surface area (Å²) in [5.74, 6) is 0.842. The predicted molar refractivity (Wildman–Crippen MR) is 54.1 cm³/mol. The minimum Gasteiger partial charge on any atom is -0.314 e. The van der Waals surface area contributed by atoms with Gasteiger partial charge in [-0.1, -0.05) is 6.07 Å². The Kier molecular flexibility index (Phi) is 2.55. The third-order valence-corrected chi connectivity index (χ3v) is 1.89. The van der Waals surface area contributed by atoms with Crippen LogP contribution in [0.3, 0.4) is 0 Å². The van der Waals surface area contributed by atoms with E-state index >= 15 is 0 Å². The smallest absolute Gasteiger partial charge is 0.153 e. The summed E-state index contributed by atoms with van der Waals surface area (Å²) in [7, 11) is 1.90. The summed E-state index contributed by atoms with van der Waals surface area (Å²) in [6, 6.07) is 7.74. The third kappa shape index (κ3) is 1.80. The SMILES string of the molecule is CNCc1ccn(-c2ccccn2)n1. The van der Waals surface area contributed by atoms with Crippen molar-refractivity contribution >= 4 is 0 Å². The molecule has 72 valence electrons. The zero-order valence-corrected chi connectivity index (χ0v) is 8.01. The normalized spacial score (nSPS) is 10.4. The van der Waals surface area contributed by atoms with Gasteiger partial charge in [0.25, 0.3) is 0 Å². The van der Waals surface area contributed by atoms with Gasteiger partial charge in [-0.3, -0.25) is 0 Å². The van der Waals surface area contributed by atoms with E-state index in [-0.39, 0.29) is 0 Å². The molecule has 2 aromatic rings. The number of nitrogens with zero attached hydrogens (tertiary/aromatic N) is 3. The molecule has 0 spiro atoms. The van der Waals surface area contributed by atoms with Crippen LogP contribution in [0.5, 0.6) is 0 Å². The van der Waals surface area contributed by atoms with Crippen molar-refractivity contribution in [2.24, 2.45) is 0 Å². The van der Waals surface area contributed by atoms with Crippen LogP contribution in [-0.4, -0.2) is 21.8 Å². The van der Waals surface area contributed by atoms with Gasteiger partial charge in [0, 0.05) is 18.9 Å². The van der Waals surface area contributed by atoms with E-state index in [1.54, 1.807) is 10.9 Å². The Hall–Kier alpha value is -1.68. The fourth-order valence-corrected chi connectivity index (χ4v) is 1.25. The van der Waals surface area contributed by atoms with Gasteiger partial charge < -0.3 is 5.32 Å². The number of nitrogens with one attached hydrogen (secondary N) is 1. The van der Waals surface area contributed by atoms with E-state index in [1.807, 2.05) is 37.5 Å². The second-order valence-electron chi connectivity index (χ2n) is 2.97. The number of hydrogen-bond acceptors (Lipinski definition) is 3. The second kappa shape index (κ2) is 4.02. The molecule has 0 radical (unpaired) electrons. The topological polar surface area (TPSA) is 42.7 Å². The molecule has 14 heavy (non-hydrogen) atoms. The van der Waals surface area contributed by atoms with E-state index in [1.165, 1.54) is 0 Å². The summed E-state index contributed by atoms with van der Waals surface area (Å²) >= 11 is 0. The average Bonchev–Trinajstić information content (AvgIpc) is 2.68. The molecule has 0 unspecified atom stereocenters. The van der Waals surface area contributed by atoms with Crippen LogP contribution in [0.15, 0.2) is 36.7 Å². The van der Waals surface area contributed by atoms with Crippen molar-refractivity contribution in [3.05, 3.63) is 42.4 Å². The fourth-order valence-electron chi connectivity index (χ4n) is 1.25. The van der Waals surface area contributed by atoms with Gasteiger partial charge in [-0.25, -0.2) is 9.67 Å². The summed E-state index contributed by atoms with van der Waals surface area (Å²) in [6.07, 6.45) is 3.67. The minimum absolute atomic E-state index is 0.778. The number of aromatic nitrogens is 3. The van der Waals surface area contributed by atoms with Crippen molar-refractivity contribution < 1.29 is 0 Å². The zero-order valence-electron chi connectivity index (χ0n) is 8.01. The van der Waals surface area contributed by atoms with Crippen molar-refractivity contribution in [2.75, 3.05) is 7.05 Å². The molecule has 0 atom stereocenters. The van der Waals surface area contributed by atoms with E-state index in [4.69, 9.17) is 0 Å². The van der Waals surface area contributed by atoms with E-state index < -0.39 is 0 Å². The monoisotopic (exact) mass is 188 g/mol. The Labute approximate surface area is 82.6 Å². The molecule has 0 amide bonds. The lowest BCUT2D eigenvalue weighted by atomic mass is 10.4. The van der Waals surface area contributed by atoms with Crippen LogP contribution in [0.4, 0.5) is 0 Å². The molecule has 0 saturated heterocycles. The van der Waals surface area contributed by atoms with E-state index in [0.717, 1.165) is 18.1 Å². The molecule has 2 aromatic heterocycles. The fraction of sp³-hybridized carbons (Fsp3) is 0.200. The van der Waals surface area contributed by atoms with E-state index in [9.17, 15) is 0 Å². The van der Waals surface area contributed by atoms with Crippen molar-refractivity contribution in [1.29, 1.82) is 0 Å². The molecule has 0 aliphatic heterocycles. The van der Waals surface area contributed by atoms with Gasteiger partial charge in [0.15, 0.2) is 5.82 Å². The first kappa shape index (κ1) is 8.90. The first-order chi connectivity index (χ1) is 6.90.